The highest BCUT2D eigenvalue weighted by molar-refractivity contribution is 7.89. The standard InChI is InChI=1S/C12H17N3O6S/c1-3-6-14(8-12(16)17)10-5-4-9(22(20,21)13-2)7-11(10)15(18)19/h4-5,7,13H,3,6,8H2,1-2H3,(H,16,17). The maximum atomic E-state index is 11.7. The molecule has 0 spiro atoms. The van der Waals surface area contributed by atoms with Crippen LogP contribution in [-0.4, -0.2) is 44.6 Å². The highest BCUT2D eigenvalue weighted by atomic mass is 32.2. The van der Waals surface area contributed by atoms with Gasteiger partial charge in [0.15, 0.2) is 0 Å². The van der Waals surface area contributed by atoms with Crippen molar-refractivity contribution < 1.29 is 23.2 Å². The zero-order valence-corrected chi connectivity index (χ0v) is 13.0. The summed E-state index contributed by atoms with van der Waals surface area (Å²) < 4.78 is 25.5. The predicted octanol–water partition coefficient (Wildman–Crippen LogP) is 0.804. The van der Waals surface area contributed by atoms with Gasteiger partial charge in [0.1, 0.15) is 12.2 Å². The molecule has 10 heteroatoms. The number of nitrogens with zero attached hydrogens (tertiary/aromatic N) is 2. The summed E-state index contributed by atoms with van der Waals surface area (Å²) in [6.45, 7) is 1.69. The number of carboxylic acid groups (broad SMARTS) is 1. The molecule has 0 aliphatic heterocycles. The molecule has 0 saturated heterocycles. The van der Waals surface area contributed by atoms with Gasteiger partial charge in [-0.2, -0.15) is 0 Å². The smallest absolute Gasteiger partial charge is 0.323 e. The Hall–Kier alpha value is -2.20. The molecule has 0 aromatic heterocycles. The molecule has 9 nitrogen and oxygen atoms in total. The molecule has 1 aromatic rings. The van der Waals surface area contributed by atoms with Crippen LogP contribution in [0.5, 0.6) is 0 Å². The van der Waals surface area contributed by atoms with E-state index < -0.39 is 33.1 Å². The van der Waals surface area contributed by atoms with E-state index in [-0.39, 0.29) is 10.6 Å². The van der Waals surface area contributed by atoms with Gasteiger partial charge in [0.2, 0.25) is 10.0 Å². The summed E-state index contributed by atoms with van der Waals surface area (Å²) >= 11 is 0. The van der Waals surface area contributed by atoms with E-state index in [1.807, 2.05) is 0 Å². The number of carboxylic acids is 1. The minimum Gasteiger partial charge on any atom is -0.480 e. The van der Waals surface area contributed by atoms with Crippen LogP contribution in [0, 0.1) is 10.1 Å². The van der Waals surface area contributed by atoms with Crippen molar-refractivity contribution >= 4 is 27.4 Å². The third-order valence-corrected chi connectivity index (χ3v) is 4.29. The molecule has 0 aliphatic carbocycles. The number of sulfonamides is 1. The Kier molecular flexibility index (Phi) is 5.83. The van der Waals surface area contributed by atoms with Crippen molar-refractivity contribution in [1.29, 1.82) is 0 Å². The molecule has 0 saturated carbocycles. The molecule has 0 amide bonds. The van der Waals surface area contributed by atoms with Gasteiger partial charge in [-0.3, -0.25) is 14.9 Å². The molecule has 0 atom stereocenters. The van der Waals surface area contributed by atoms with Gasteiger partial charge in [-0.25, -0.2) is 13.1 Å². The van der Waals surface area contributed by atoms with Gasteiger partial charge in [0.05, 0.1) is 9.82 Å². The number of benzene rings is 1. The summed E-state index contributed by atoms with van der Waals surface area (Å²) in [5.41, 5.74) is -0.379. The number of anilines is 1. The minimum absolute atomic E-state index is 0.0734. The number of nitrogens with one attached hydrogen (secondary N) is 1. The van der Waals surface area contributed by atoms with Crippen LogP contribution < -0.4 is 9.62 Å². The lowest BCUT2D eigenvalue weighted by molar-refractivity contribution is -0.384. The summed E-state index contributed by atoms with van der Waals surface area (Å²) in [5, 5.41) is 20.1. The van der Waals surface area contributed by atoms with E-state index in [2.05, 4.69) is 4.72 Å². The van der Waals surface area contributed by atoms with Gasteiger partial charge in [-0.05, 0) is 25.6 Å². The maximum Gasteiger partial charge on any atom is 0.323 e. The fraction of sp³-hybridized carbons (Fsp3) is 0.417. The first-order chi connectivity index (χ1) is 10.2. The van der Waals surface area contributed by atoms with Crippen molar-refractivity contribution in [2.24, 2.45) is 0 Å². The van der Waals surface area contributed by atoms with E-state index in [0.717, 1.165) is 6.07 Å². The van der Waals surface area contributed by atoms with Crippen molar-refractivity contribution in [3.63, 3.8) is 0 Å². The van der Waals surface area contributed by atoms with Crippen LogP contribution in [0.15, 0.2) is 23.1 Å². The SMILES string of the molecule is CCCN(CC(=O)O)c1ccc(S(=O)(=O)NC)cc1[N+](=O)[O-]. The van der Waals surface area contributed by atoms with Gasteiger partial charge in [0, 0.05) is 12.6 Å². The second kappa shape index (κ2) is 7.18. The molecule has 0 aliphatic rings. The van der Waals surface area contributed by atoms with Gasteiger partial charge in [-0.15, -0.1) is 0 Å². The molecule has 0 unspecified atom stereocenters. The number of nitro groups is 1. The van der Waals surface area contributed by atoms with Crippen LogP contribution in [0.4, 0.5) is 11.4 Å². The predicted molar refractivity (Wildman–Crippen MR) is 79.5 cm³/mol. The van der Waals surface area contributed by atoms with E-state index in [9.17, 15) is 23.3 Å². The van der Waals surface area contributed by atoms with Gasteiger partial charge >= 0.3 is 5.97 Å². The van der Waals surface area contributed by atoms with E-state index in [1.54, 1.807) is 6.92 Å². The van der Waals surface area contributed by atoms with Gasteiger partial charge in [-0.1, -0.05) is 6.92 Å². The largest absolute Gasteiger partial charge is 0.480 e. The second-order valence-electron chi connectivity index (χ2n) is 4.43. The quantitative estimate of drug-likeness (QED) is 0.532. The van der Waals surface area contributed by atoms with Crippen molar-refractivity contribution in [3.8, 4) is 0 Å². The van der Waals surface area contributed by atoms with E-state index in [0.29, 0.717) is 13.0 Å². The number of rotatable bonds is 8. The van der Waals surface area contributed by atoms with Crippen molar-refractivity contribution in [3.05, 3.63) is 28.3 Å². The average molecular weight is 331 g/mol. The average Bonchev–Trinajstić information content (AvgIpc) is 2.45. The Morgan fingerprint density at radius 1 is 1.45 bits per heavy atom. The number of carbonyl (C=O) groups is 1. The Bertz CT molecular complexity index is 673. The van der Waals surface area contributed by atoms with Crippen molar-refractivity contribution in [2.45, 2.75) is 18.2 Å². The fourth-order valence-corrected chi connectivity index (χ4v) is 2.67. The highest BCUT2D eigenvalue weighted by Gasteiger charge is 2.24. The van der Waals surface area contributed by atoms with Crippen LogP contribution >= 0.6 is 0 Å². The van der Waals surface area contributed by atoms with Crippen LogP contribution in [0.1, 0.15) is 13.3 Å². The number of hydrogen-bond donors (Lipinski definition) is 2. The Morgan fingerprint density at radius 2 is 2.09 bits per heavy atom. The molecule has 1 rings (SSSR count). The molecule has 122 valence electrons. The van der Waals surface area contributed by atoms with E-state index >= 15 is 0 Å². The normalized spacial score (nSPS) is 11.2. The van der Waals surface area contributed by atoms with E-state index in [4.69, 9.17) is 5.11 Å². The number of hydrogen-bond acceptors (Lipinski definition) is 6. The van der Waals surface area contributed by atoms with Crippen molar-refractivity contribution in [2.75, 3.05) is 25.0 Å². The summed E-state index contributed by atoms with van der Waals surface area (Å²) in [6, 6.07) is 3.38. The molecule has 0 radical (unpaired) electrons. The first-order valence-electron chi connectivity index (χ1n) is 6.41. The highest BCUT2D eigenvalue weighted by Crippen LogP contribution is 2.30. The van der Waals surface area contributed by atoms with Crippen LogP contribution in [0.2, 0.25) is 0 Å². The third-order valence-electron chi connectivity index (χ3n) is 2.88. The summed E-state index contributed by atoms with van der Waals surface area (Å²) in [6.07, 6.45) is 0.584. The topological polar surface area (TPSA) is 130 Å². The lowest BCUT2D eigenvalue weighted by atomic mass is 10.2. The lowest BCUT2D eigenvalue weighted by Gasteiger charge is -2.22. The Morgan fingerprint density at radius 3 is 2.55 bits per heavy atom. The van der Waals surface area contributed by atoms with Crippen LogP contribution in [0.25, 0.3) is 0 Å². The monoisotopic (exact) mass is 331 g/mol. The zero-order valence-electron chi connectivity index (χ0n) is 12.1. The maximum absolute atomic E-state index is 11.7. The third kappa shape index (κ3) is 4.15. The Balaban J connectivity index is 3.41. The molecule has 2 N–H and O–H groups in total. The molecular weight excluding hydrogens is 314 g/mol. The molecular formula is C12H17N3O6S. The summed E-state index contributed by atoms with van der Waals surface area (Å²) in [7, 11) is -2.62. The van der Waals surface area contributed by atoms with E-state index in [1.165, 1.54) is 24.1 Å². The first-order valence-corrected chi connectivity index (χ1v) is 7.90. The summed E-state index contributed by atoms with van der Waals surface area (Å²) in [5.74, 6) is -1.13. The minimum atomic E-state index is -3.82. The summed E-state index contributed by atoms with van der Waals surface area (Å²) in [4.78, 5) is 22.4. The fourth-order valence-electron chi connectivity index (χ4n) is 1.92. The van der Waals surface area contributed by atoms with Gasteiger partial charge in [0.25, 0.3) is 5.69 Å². The molecule has 1 aromatic carbocycles. The number of nitro benzene ring substituents is 1. The van der Waals surface area contributed by atoms with Crippen LogP contribution in [-0.2, 0) is 14.8 Å². The number of aliphatic carboxylic acids is 1. The lowest BCUT2D eigenvalue weighted by Crippen LogP contribution is -2.31. The molecule has 0 fully saturated rings. The Labute approximate surface area is 127 Å². The first kappa shape index (κ1) is 17.9. The van der Waals surface area contributed by atoms with Gasteiger partial charge < -0.3 is 10.0 Å². The van der Waals surface area contributed by atoms with Crippen molar-refractivity contribution in [1.82, 2.24) is 4.72 Å². The second-order valence-corrected chi connectivity index (χ2v) is 6.32. The molecule has 0 bridgehead atoms. The van der Waals surface area contributed by atoms with Crippen LogP contribution in [0.3, 0.4) is 0 Å². The molecule has 0 heterocycles. The molecule has 22 heavy (non-hydrogen) atoms. The zero-order chi connectivity index (χ0) is 16.9.